The van der Waals surface area contributed by atoms with Crippen LogP contribution in [0, 0.1) is 0 Å². The maximum atomic E-state index is 12.4. The zero-order valence-corrected chi connectivity index (χ0v) is 13.3. The molecule has 0 saturated carbocycles. The van der Waals surface area contributed by atoms with Gasteiger partial charge in [0.15, 0.2) is 0 Å². The van der Waals surface area contributed by atoms with Gasteiger partial charge >= 0.3 is 0 Å². The fourth-order valence-corrected chi connectivity index (χ4v) is 1.82. The Kier molecular flexibility index (Phi) is 6.36. The third-order valence-electron chi connectivity index (χ3n) is 3.07. The highest BCUT2D eigenvalue weighted by atomic mass is 16.5. The van der Waals surface area contributed by atoms with Crippen LogP contribution in [0.5, 0.6) is 0 Å². The molecule has 1 rings (SSSR count). The first-order valence-electron chi connectivity index (χ1n) is 7.21. The van der Waals surface area contributed by atoms with E-state index < -0.39 is 0 Å². The summed E-state index contributed by atoms with van der Waals surface area (Å²) in [7, 11) is 1.63. The summed E-state index contributed by atoms with van der Waals surface area (Å²) in [5, 5.41) is 7.75. The quantitative estimate of drug-likeness (QED) is 0.773. The summed E-state index contributed by atoms with van der Waals surface area (Å²) in [6.07, 6.45) is 1.05. The van der Waals surface area contributed by atoms with Gasteiger partial charge in [0.25, 0.3) is 5.56 Å². The molecule has 0 radical (unpaired) electrons. The van der Waals surface area contributed by atoms with Gasteiger partial charge in [0.05, 0.1) is 18.8 Å². The molecule has 0 aromatic carbocycles. The van der Waals surface area contributed by atoms with Crippen LogP contribution in [0.4, 0.5) is 0 Å². The van der Waals surface area contributed by atoms with Crippen LogP contribution in [0.1, 0.15) is 45.4 Å². The predicted molar refractivity (Wildman–Crippen MR) is 81.1 cm³/mol. The monoisotopic (exact) mass is 281 g/mol. The maximum Gasteiger partial charge on any atom is 0.271 e. The highest BCUT2D eigenvalue weighted by molar-refractivity contribution is 5.19. The van der Waals surface area contributed by atoms with Gasteiger partial charge in [0.2, 0.25) is 0 Å². The van der Waals surface area contributed by atoms with E-state index in [1.165, 1.54) is 4.68 Å². The Labute approximate surface area is 121 Å². The van der Waals surface area contributed by atoms with Crippen molar-refractivity contribution in [3.63, 3.8) is 0 Å². The molecule has 0 amide bonds. The molecule has 0 fully saturated rings. The molecule has 0 atom stereocenters. The molecular weight excluding hydrogens is 254 g/mol. The van der Waals surface area contributed by atoms with Gasteiger partial charge in [0, 0.05) is 24.6 Å². The lowest BCUT2D eigenvalue weighted by Crippen LogP contribution is -2.33. The van der Waals surface area contributed by atoms with Crippen molar-refractivity contribution < 1.29 is 4.74 Å². The molecule has 1 N–H and O–H groups in total. The average Bonchev–Trinajstić information content (AvgIpc) is 2.38. The summed E-state index contributed by atoms with van der Waals surface area (Å²) in [6.45, 7) is 10.9. The molecule has 0 spiro atoms. The van der Waals surface area contributed by atoms with Crippen molar-refractivity contribution in [3.05, 3.63) is 27.7 Å². The Hall–Kier alpha value is -1.20. The lowest BCUT2D eigenvalue weighted by Gasteiger charge is -2.20. The molecule has 0 bridgehead atoms. The Morgan fingerprint density at radius 2 is 2.10 bits per heavy atom. The fraction of sp³-hybridized carbons (Fsp3) is 0.733. The van der Waals surface area contributed by atoms with Gasteiger partial charge in [-0.05, 0) is 19.0 Å². The van der Waals surface area contributed by atoms with Crippen molar-refractivity contribution in [1.82, 2.24) is 15.1 Å². The van der Waals surface area contributed by atoms with Crippen LogP contribution in [-0.2, 0) is 23.2 Å². The molecule has 0 saturated heterocycles. The lowest BCUT2D eigenvalue weighted by atomic mass is 9.91. The molecule has 20 heavy (non-hydrogen) atoms. The minimum atomic E-state index is -0.0813. The van der Waals surface area contributed by atoms with E-state index in [-0.39, 0.29) is 11.0 Å². The Balaban J connectivity index is 3.10. The third-order valence-corrected chi connectivity index (χ3v) is 3.07. The van der Waals surface area contributed by atoms with Crippen LogP contribution in [0.25, 0.3) is 0 Å². The largest absolute Gasteiger partial charge is 0.383 e. The molecule has 114 valence electrons. The minimum Gasteiger partial charge on any atom is -0.383 e. The maximum absolute atomic E-state index is 12.4. The molecule has 5 heteroatoms. The third kappa shape index (κ3) is 4.72. The van der Waals surface area contributed by atoms with E-state index in [0.717, 1.165) is 24.2 Å². The number of aromatic nitrogens is 2. The number of nitrogens with zero attached hydrogens (tertiary/aromatic N) is 2. The summed E-state index contributed by atoms with van der Waals surface area (Å²) in [6, 6.07) is 1.92. The Morgan fingerprint density at radius 1 is 1.40 bits per heavy atom. The van der Waals surface area contributed by atoms with Crippen LogP contribution in [-0.4, -0.2) is 30.0 Å². The molecular formula is C15H27N3O2. The van der Waals surface area contributed by atoms with Crippen molar-refractivity contribution in [2.24, 2.45) is 0 Å². The molecule has 1 aromatic heterocycles. The molecule has 1 heterocycles. The van der Waals surface area contributed by atoms with Crippen molar-refractivity contribution in [2.45, 2.75) is 52.6 Å². The topological polar surface area (TPSA) is 56.1 Å². The SMILES string of the molecule is CCCNCc1cc(C(C)(C)C)nn(CCOC)c1=O. The van der Waals surface area contributed by atoms with Crippen molar-refractivity contribution >= 4 is 0 Å². The summed E-state index contributed by atoms with van der Waals surface area (Å²) in [5.74, 6) is 0. The molecule has 0 aliphatic heterocycles. The highest BCUT2D eigenvalue weighted by Crippen LogP contribution is 2.19. The van der Waals surface area contributed by atoms with Gasteiger partial charge in [-0.1, -0.05) is 27.7 Å². The van der Waals surface area contributed by atoms with Gasteiger partial charge in [0.1, 0.15) is 0 Å². The number of ether oxygens (including phenoxy) is 1. The first-order chi connectivity index (χ1) is 9.40. The van der Waals surface area contributed by atoms with Crippen LogP contribution in [0.2, 0.25) is 0 Å². The van der Waals surface area contributed by atoms with Crippen molar-refractivity contribution in [3.8, 4) is 0 Å². The summed E-state index contributed by atoms with van der Waals surface area (Å²) in [5.41, 5.74) is 1.59. The van der Waals surface area contributed by atoms with E-state index in [1.807, 2.05) is 6.07 Å². The van der Waals surface area contributed by atoms with Crippen LogP contribution in [0.3, 0.4) is 0 Å². The Morgan fingerprint density at radius 3 is 2.65 bits per heavy atom. The second-order valence-electron chi connectivity index (χ2n) is 6.00. The number of methoxy groups -OCH3 is 1. The first kappa shape index (κ1) is 16.9. The summed E-state index contributed by atoms with van der Waals surface area (Å²) >= 11 is 0. The van der Waals surface area contributed by atoms with E-state index in [2.05, 4.69) is 38.1 Å². The highest BCUT2D eigenvalue weighted by Gasteiger charge is 2.19. The second kappa shape index (κ2) is 7.55. The number of rotatable bonds is 7. The molecule has 1 aromatic rings. The van der Waals surface area contributed by atoms with Crippen molar-refractivity contribution in [1.29, 1.82) is 0 Å². The van der Waals surface area contributed by atoms with Gasteiger partial charge in [-0.15, -0.1) is 0 Å². The van der Waals surface area contributed by atoms with Gasteiger partial charge in [-0.25, -0.2) is 4.68 Å². The van der Waals surface area contributed by atoms with Crippen LogP contribution < -0.4 is 10.9 Å². The van der Waals surface area contributed by atoms with Crippen molar-refractivity contribution in [2.75, 3.05) is 20.3 Å². The smallest absolute Gasteiger partial charge is 0.271 e. The predicted octanol–water partition coefficient (Wildman–Crippen LogP) is 1.69. The summed E-state index contributed by atoms with van der Waals surface area (Å²) < 4.78 is 6.57. The standard InChI is InChI=1S/C15H27N3O2/c1-6-7-16-11-12-10-13(15(2,3)4)17-18(14(12)19)8-9-20-5/h10,16H,6-9,11H2,1-5H3. The minimum absolute atomic E-state index is 0.0290. The average molecular weight is 281 g/mol. The molecule has 0 unspecified atom stereocenters. The van der Waals surface area contributed by atoms with E-state index >= 15 is 0 Å². The zero-order chi connectivity index (χ0) is 15.2. The number of hydrogen-bond donors (Lipinski definition) is 1. The van der Waals surface area contributed by atoms with E-state index in [9.17, 15) is 4.79 Å². The van der Waals surface area contributed by atoms with E-state index in [1.54, 1.807) is 7.11 Å². The lowest BCUT2D eigenvalue weighted by molar-refractivity contribution is 0.181. The van der Waals surface area contributed by atoms with E-state index in [4.69, 9.17) is 4.74 Å². The Bertz CT molecular complexity index is 475. The van der Waals surface area contributed by atoms with Gasteiger partial charge in [-0.3, -0.25) is 4.79 Å². The van der Waals surface area contributed by atoms with Crippen LogP contribution in [0.15, 0.2) is 10.9 Å². The summed E-state index contributed by atoms with van der Waals surface area (Å²) in [4.78, 5) is 12.4. The zero-order valence-electron chi connectivity index (χ0n) is 13.3. The fourth-order valence-electron chi connectivity index (χ4n) is 1.82. The number of nitrogens with one attached hydrogen (secondary N) is 1. The van der Waals surface area contributed by atoms with Gasteiger partial charge in [-0.2, -0.15) is 5.10 Å². The van der Waals surface area contributed by atoms with E-state index in [0.29, 0.717) is 19.7 Å². The van der Waals surface area contributed by atoms with Crippen LogP contribution >= 0.6 is 0 Å². The normalized spacial score (nSPS) is 11.8. The molecule has 0 aliphatic rings. The first-order valence-corrected chi connectivity index (χ1v) is 7.21. The molecule has 5 nitrogen and oxygen atoms in total. The van der Waals surface area contributed by atoms with Gasteiger partial charge < -0.3 is 10.1 Å². The number of hydrogen-bond acceptors (Lipinski definition) is 4. The second-order valence-corrected chi connectivity index (χ2v) is 6.00. The molecule has 0 aliphatic carbocycles.